The minimum Gasteiger partial charge on any atom is -0.376 e. The van der Waals surface area contributed by atoms with Gasteiger partial charge in [0.1, 0.15) is 0 Å². The Bertz CT molecular complexity index is 1030. The lowest BCUT2D eigenvalue weighted by atomic mass is 10.2. The summed E-state index contributed by atoms with van der Waals surface area (Å²) in [6.07, 6.45) is 3.89. The van der Waals surface area contributed by atoms with Gasteiger partial charge in [0.25, 0.3) is 5.91 Å². The molecule has 0 unspecified atom stereocenters. The Balaban J connectivity index is 1.54. The molecule has 1 fully saturated rings. The average Bonchev–Trinajstić information content (AvgIpc) is 3.08. The number of nitrogens with zero attached hydrogens (tertiary/aromatic N) is 2. The van der Waals surface area contributed by atoms with Crippen LogP contribution in [0.5, 0.6) is 0 Å². The Morgan fingerprint density at radius 3 is 2.00 bits per heavy atom. The van der Waals surface area contributed by atoms with Gasteiger partial charge in [-0.1, -0.05) is 12.8 Å². The zero-order valence-electron chi connectivity index (χ0n) is 18.5. The predicted octanol–water partition coefficient (Wildman–Crippen LogP) is 3.00. The number of carbonyl (C=O) groups is 2. The Hall–Kier alpha value is -2.91. The van der Waals surface area contributed by atoms with E-state index < -0.39 is 10.0 Å². The lowest BCUT2D eigenvalue weighted by molar-refractivity contribution is -0.114. The first-order valence-corrected chi connectivity index (χ1v) is 12.2. The molecule has 9 heteroatoms. The second-order valence-corrected chi connectivity index (χ2v) is 9.96. The van der Waals surface area contributed by atoms with E-state index in [0.29, 0.717) is 30.0 Å². The highest BCUT2D eigenvalue weighted by Gasteiger charge is 2.25. The van der Waals surface area contributed by atoms with Crippen molar-refractivity contribution in [2.45, 2.75) is 30.6 Å². The van der Waals surface area contributed by atoms with Crippen molar-refractivity contribution in [2.24, 2.45) is 0 Å². The van der Waals surface area contributed by atoms with Gasteiger partial charge in [-0.2, -0.15) is 4.31 Å². The highest BCUT2D eigenvalue weighted by molar-refractivity contribution is 7.89. The van der Waals surface area contributed by atoms with Crippen molar-refractivity contribution >= 4 is 33.2 Å². The van der Waals surface area contributed by atoms with Crippen LogP contribution in [0.1, 0.15) is 36.0 Å². The Kier molecular flexibility index (Phi) is 7.87. The molecule has 1 saturated heterocycles. The zero-order valence-corrected chi connectivity index (χ0v) is 19.3. The first kappa shape index (κ1) is 23.7. The first-order valence-electron chi connectivity index (χ1n) is 10.7. The number of hydrogen-bond acceptors (Lipinski definition) is 5. The molecule has 0 bridgehead atoms. The van der Waals surface area contributed by atoms with Crippen LogP contribution >= 0.6 is 0 Å². The summed E-state index contributed by atoms with van der Waals surface area (Å²) < 4.78 is 27.2. The fraction of sp³-hybridized carbons (Fsp3) is 0.391. The highest BCUT2D eigenvalue weighted by atomic mass is 32.2. The molecular weight excluding hydrogens is 428 g/mol. The number of carbonyl (C=O) groups excluding carboxylic acids is 2. The van der Waals surface area contributed by atoms with Gasteiger partial charge in [-0.05, 0) is 61.4 Å². The maximum atomic E-state index is 12.8. The van der Waals surface area contributed by atoms with Crippen molar-refractivity contribution in [1.82, 2.24) is 9.21 Å². The van der Waals surface area contributed by atoms with Gasteiger partial charge in [0.15, 0.2) is 0 Å². The van der Waals surface area contributed by atoms with Crippen molar-refractivity contribution in [1.29, 1.82) is 0 Å². The summed E-state index contributed by atoms with van der Waals surface area (Å²) in [5.41, 5.74) is 1.81. The number of amides is 2. The minimum absolute atomic E-state index is 0.0365. The molecule has 2 aromatic rings. The average molecular weight is 459 g/mol. The van der Waals surface area contributed by atoms with Crippen molar-refractivity contribution in [3.05, 3.63) is 54.1 Å². The summed E-state index contributed by atoms with van der Waals surface area (Å²) >= 11 is 0. The molecule has 0 aromatic heterocycles. The SMILES string of the molecule is CN(C)C(=O)c1ccc(NCC(=O)Nc2ccc(S(=O)(=O)N3CCCCCC3)cc2)cc1. The van der Waals surface area contributed by atoms with E-state index in [1.54, 1.807) is 54.8 Å². The number of rotatable bonds is 7. The number of hydrogen-bond donors (Lipinski definition) is 2. The van der Waals surface area contributed by atoms with Gasteiger partial charge in [0, 0.05) is 44.1 Å². The van der Waals surface area contributed by atoms with E-state index >= 15 is 0 Å². The number of benzene rings is 2. The molecule has 0 radical (unpaired) electrons. The van der Waals surface area contributed by atoms with E-state index in [1.165, 1.54) is 17.0 Å². The zero-order chi connectivity index (χ0) is 23.1. The van der Waals surface area contributed by atoms with Crippen LogP contribution in [0.3, 0.4) is 0 Å². The molecule has 1 heterocycles. The van der Waals surface area contributed by atoms with Crippen LogP contribution in [0.15, 0.2) is 53.4 Å². The fourth-order valence-corrected chi connectivity index (χ4v) is 5.03. The second kappa shape index (κ2) is 10.6. The Morgan fingerprint density at radius 1 is 0.875 bits per heavy atom. The first-order chi connectivity index (χ1) is 15.3. The number of anilines is 2. The summed E-state index contributed by atoms with van der Waals surface area (Å²) in [6.45, 7) is 1.14. The van der Waals surface area contributed by atoms with E-state index in [1.807, 2.05) is 0 Å². The molecule has 3 rings (SSSR count). The third-order valence-corrected chi connectivity index (χ3v) is 7.24. The summed E-state index contributed by atoms with van der Waals surface area (Å²) in [5, 5.41) is 5.76. The van der Waals surface area contributed by atoms with Crippen molar-refractivity contribution in [2.75, 3.05) is 44.4 Å². The largest absolute Gasteiger partial charge is 0.376 e. The highest BCUT2D eigenvalue weighted by Crippen LogP contribution is 2.22. The normalized spacial score (nSPS) is 14.9. The summed E-state index contributed by atoms with van der Waals surface area (Å²) in [4.78, 5) is 25.9. The molecule has 8 nitrogen and oxygen atoms in total. The van der Waals surface area contributed by atoms with Crippen LogP contribution in [0, 0.1) is 0 Å². The lowest BCUT2D eigenvalue weighted by Gasteiger charge is -2.20. The van der Waals surface area contributed by atoms with Gasteiger partial charge >= 0.3 is 0 Å². The van der Waals surface area contributed by atoms with Crippen molar-refractivity contribution < 1.29 is 18.0 Å². The van der Waals surface area contributed by atoms with Crippen LogP contribution in [-0.2, 0) is 14.8 Å². The van der Waals surface area contributed by atoms with Gasteiger partial charge in [0.2, 0.25) is 15.9 Å². The van der Waals surface area contributed by atoms with Gasteiger partial charge < -0.3 is 15.5 Å². The fourth-order valence-electron chi connectivity index (χ4n) is 3.52. The van der Waals surface area contributed by atoms with E-state index in [2.05, 4.69) is 10.6 Å². The third kappa shape index (κ3) is 6.08. The van der Waals surface area contributed by atoms with Gasteiger partial charge in [-0.25, -0.2) is 8.42 Å². The molecule has 2 amide bonds. The summed E-state index contributed by atoms with van der Waals surface area (Å²) in [6, 6.07) is 13.2. The maximum Gasteiger partial charge on any atom is 0.253 e. The molecule has 32 heavy (non-hydrogen) atoms. The Labute approximate surface area is 189 Å². The van der Waals surface area contributed by atoms with Crippen molar-refractivity contribution in [3.8, 4) is 0 Å². The van der Waals surface area contributed by atoms with Crippen LogP contribution in [0.25, 0.3) is 0 Å². The Morgan fingerprint density at radius 2 is 1.44 bits per heavy atom. The third-order valence-electron chi connectivity index (χ3n) is 5.33. The molecular formula is C23H30N4O4S. The molecule has 0 saturated carbocycles. The summed E-state index contributed by atoms with van der Waals surface area (Å²) in [7, 11) is -0.130. The van der Waals surface area contributed by atoms with E-state index in [4.69, 9.17) is 0 Å². The van der Waals surface area contributed by atoms with Gasteiger partial charge in [-0.3, -0.25) is 9.59 Å². The number of sulfonamides is 1. The van der Waals surface area contributed by atoms with Crippen molar-refractivity contribution in [3.63, 3.8) is 0 Å². The van der Waals surface area contributed by atoms with Crippen LogP contribution in [0.4, 0.5) is 11.4 Å². The lowest BCUT2D eigenvalue weighted by Crippen LogP contribution is -2.31. The van der Waals surface area contributed by atoms with Crippen LogP contribution < -0.4 is 10.6 Å². The quantitative estimate of drug-likeness (QED) is 0.665. The smallest absolute Gasteiger partial charge is 0.253 e. The topological polar surface area (TPSA) is 98.8 Å². The molecule has 2 N–H and O–H groups in total. The molecule has 0 aliphatic carbocycles. The maximum absolute atomic E-state index is 12.8. The van der Waals surface area contributed by atoms with Crippen LogP contribution in [0.2, 0.25) is 0 Å². The van der Waals surface area contributed by atoms with E-state index in [0.717, 1.165) is 25.7 Å². The monoisotopic (exact) mass is 458 g/mol. The molecule has 2 aromatic carbocycles. The second-order valence-electron chi connectivity index (χ2n) is 8.02. The van der Waals surface area contributed by atoms with E-state index in [-0.39, 0.29) is 23.3 Å². The minimum atomic E-state index is -3.51. The molecule has 0 atom stereocenters. The molecule has 0 spiro atoms. The standard InChI is InChI=1S/C23H30N4O4S/c1-26(2)23(29)18-7-9-19(10-8-18)24-17-22(28)25-20-11-13-21(14-12-20)32(30,31)27-15-5-3-4-6-16-27/h7-14,24H,3-6,15-17H2,1-2H3,(H,25,28). The van der Waals surface area contributed by atoms with Gasteiger partial charge in [-0.15, -0.1) is 0 Å². The number of nitrogens with one attached hydrogen (secondary N) is 2. The van der Waals surface area contributed by atoms with Gasteiger partial charge in [0.05, 0.1) is 11.4 Å². The molecule has 172 valence electrons. The van der Waals surface area contributed by atoms with E-state index in [9.17, 15) is 18.0 Å². The molecule has 1 aliphatic rings. The molecule has 1 aliphatic heterocycles. The summed E-state index contributed by atoms with van der Waals surface area (Å²) in [5.74, 6) is -0.350. The predicted molar refractivity (Wildman–Crippen MR) is 125 cm³/mol. The van der Waals surface area contributed by atoms with Crippen LogP contribution in [-0.4, -0.2) is 63.2 Å².